The number of nitrogens with one attached hydrogen (secondary N) is 3. The van der Waals surface area contributed by atoms with Crippen LogP contribution in [0.25, 0.3) is 10.9 Å². The van der Waals surface area contributed by atoms with E-state index in [2.05, 4.69) is 60.7 Å². The highest BCUT2D eigenvalue weighted by Gasteiger charge is 2.14. The van der Waals surface area contributed by atoms with Gasteiger partial charge in [0.25, 0.3) is 5.56 Å². The van der Waals surface area contributed by atoms with Gasteiger partial charge in [-0.25, -0.2) is 13.6 Å². The van der Waals surface area contributed by atoms with Crippen LogP contribution in [0.4, 0.5) is 14.5 Å². The number of benzene rings is 2. The molecule has 0 fully saturated rings. The van der Waals surface area contributed by atoms with Crippen molar-refractivity contribution in [3.05, 3.63) is 74.4 Å². The number of H-pyrrole nitrogens is 1. The van der Waals surface area contributed by atoms with Gasteiger partial charge in [0, 0.05) is 25.8 Å². The number of halogens is 2. The van der Waals surface area contributed by atoms with E-state index in [4.69, 9.17) is 4.79 Å². The third kappa shape index (κ3) is 8.17. The fraction of sp³-hybridized carbons (Fsp3) is 0.375. The molecule has 0 bridgehead atoms. The molecule has 1 aliphatic rings. The van der Waals surface area contributed by atoms with Gasteiger partial charge in [0.2, 0.25) is 6.41 Å². The van der Waals surface area contributed by atoms with Crippen LogP contribution in [0.1, 0.15) is 33.3 Å². The van der Waals surface area contributed by atoms with Gasteiger partial charge in [0.15, 0.2) is 11.6 Å². The zero-order valence-corrected chi connectivity index (χ0v) is 19.7. The number of amides is 1. The minimum atomic E-state index is -1.24. The number of fused-ring (bicyclic) bond motifs is 2. The molecule has 2 heterocycles. The summed E-state index contributed by atoms with van der Waals surface area (Å²) in [7, 11) is 1.56. The van der Waals surface area contributed by atoms with Crippen molar-refractivity contribution in [1.29, 1.82) is 0 Å². The normalized spacial score (nSPS) is 11.0. The van der Waals surface area contributed by atoms with Gasteiger partial charge in [-0.1, -0.05) is 39.0 Å². The van der Waals surface area contributed by atoms with E-state index >= 15 is 0 Å². The SMILES string of the molecule is CC(C)C.CCn1c(=O)[nH]c2ccc(F)c(F)c2c1=O.CNC=O.c1ccc2c(c1)CCN2. The molecule has 3 aromatic rings. The Morgan fingerprint density at radius 2 is 1.73 bits per heavy atom. The van der Waals surface area contributed by atoms with Crippen molar-refractivity contribution < 1.29 is 13.6 Å². The first-order valence-electron chi connectivity index (χ1n) is 10.7. The van der Waals surface area contributed by atoms with Crippen LogP contribution in [0.5, 0.6) is 0 Å². The summed E-state index contributed by atoms with van der Waals surface area (Å²) in [5.74, 6) is -1.51. The van der Waals surface area contributed by atoms with Crippen LogP contribution in [0.3, 0.4) is 0 Å². The number of rotatable bonds is 2. The Balaban J connectivity index is 0.000000268. The number of hydrogen-bond acceptors (Lipinski definition) is 4. The maximum absolute atomic E-state index is 13.4. The Labute approximate surface area is 191 Å². The number of para-hydroxylation sites is 1. The summed E-state index contributed by atoms with van der Waals surface area (Å²) in [5, 5.41) is 5.12. The lowest BCUT2D eigenvalue weighted by Gasteiger charge is -2.04. The van der Waals surface area contributed by atoms with Crippen LogP contribution in [-0.2, 0) is 17.8 Å². The number of anilines is 1. The van der Waals surface area contributed by atoms with Gasteiger partial charge in [-0.2, -0.15) is 0 Å². The predicted molar refractivity (Wildman–Crippen MR) is 129 cm³/mol. The van der Waals surface area contributed by atoms with E-state index in [1.807, 2.05) is 0 Å². The minimum Gasteiger partial charge on any atom is -0.384 e. The molecule has 9 heteroatoms. The van der Waals surface area contributed by atoms with Gasteiger partial charge < -0.3 is 15.6 Å². The van der Waals surface area contributed by atoms with Crippen molar-refractivity contribution in [3.63, 3.8) is 0 Å². The van der Waals surface area contributed by atoms with Crippen molar-refractivity contribution in [1.82, 2.24) is 14.9 Å². The zero-order valence-electron chi connectivity index (χ0n) is 19.7. The molecule has 1 amide bonds. The monoisotopic (exact) mass is 462 g/mol. The lowest BCUT2D eigenvalue weighted by molar-refractivity contribution is -0.109. The van der Waals surface area contributed by atoms with Crippen LogP contribution in [0, 0.1) is 17.6 Å². The number of carbonyl (C=O) groups is 1. The summed E-state index contributed by atoms with van der Waals surface area (Å²) >= 11 is 0. The number of hydrogen-bond donors (Lipinski definition) is 3. The molecule has 180 valence electrons. The lowest BCUT2D eigenvalue weighted by Crippen LogP contribution is -2.34. The highest BCUT2D eigenvalue weighted by Crippen LogP contribution is 2.20. The Hall–Kier alpha value is -3.49. The van der Waals surface area contributed by atoms with Crippen LogP contribution in [0.15, 0.2) is 46.0 Å². The van der Waals surface area contributed by atoms with Crippen LogP contribution in [-0.4, -0.2) is 29.6 Å². The van der Waals surface area contributed by atoms with Crippen LogP contribution >= 0.6 is 0 Å². The molecule has 0 spiro atoms. The standard InChI is InChI=1S/C10H8F2N2O2.C8H9N.C4H10.C2H5NO/c1-2-14-9(15)7-6(13-10(14)16)4-3-5(11)8(7)12;1-2-4-8-7(3-1)5-6-9-8;1-4(2)3;1-3-2-4/h3-4H,2H2,1H3,(H,13,16);1-4,9H,5-6H2;4H,1-3H3;2H,1H3,(H,3,4). The smallest absolute Gasteiger partial charge is 0.328 e. The highest BCUT2D eigenvalue weighted by molar-refractivity contribution is 5.77. The van der Waals surface area contributed by atoms with Crippen molar-refractivity contribution in [2.45, 2.75) is 40.7 Å². The molecular weight excluding hydrogens is 430 g/mol. The zero-order chi connectivity index (χ0) is 25.0. The first kappa shape index (κ1) is 27.5. The fourth-order valence-corrected chi connectivity index (χ4v) is 2.80. The molecule has 33 heavy (non-hydrogen) atoms. The van der Waals surface area contributed by atoms with E-state index in [0.717, 1.165) is 29.2 Å². The molecule has 4 rings (SSSR count). The summed E-state index contributed by atoms with van der Waals surface area (Å²) in [4.78, 5) is 34.4. The largest absolute Gasteiger partial charge is 0.384 e. The topological polar surface area (TPSA) is 96.0 Å². The molecule has 7 nitrogen and oxygen atoms in total. The van der Waals surface area contributed by atoms with Crippen LogP contribution in [0.2, 0.25) is 0 Å². The third-order valence-corrected chi connectivity index (χ3v) is 4.20. The molecule has 0 atom stereocenters. The average molecular weight is 463 g/mol. The van der Waals surface area contributed by atoms with Gasteiger partial charge in [-0.15, -0.1) is 0 Å². The summed E-state index contributed by atoms with van der Waals surface area (Å²) in [5.41, 5.74) is 1.32. The predicted octanol–water partition coefficient (Wildman–Crippen LogP) is 3.67. The van der Waals surface area contributed by atoms with Gasteiger partial charge >= 0.3 is 5.69 Å². The summed E-state index contributed by atoms with van der Waals surface area (Å²) in [6.07, 6.45) is 1.82. The molecule has 0 saturated carbocycles. The molecule has 1 aliphatic heterocycles. The summed E-state index contributed by atoms with van der Waals surface area (Å²) in [6, 6.07) is 10.5. The van der Waals surface area contributed by atoms with E-state index < -0.39 is 28.3 Å². The molecule has 0 radical (unpaired) electrons. The summed E-state index contributed by atoms with van der Waals surface area (Å²) in [6.45, 7) is 9.28. The second-order valence-corrected chi connectivity index (χ2v) is 7.74. The maximum Gasteiger partial charge on any atom is 0.328 e. The second-order valence-electron chi connectivity index (χ2n) is 7.74. The molecule has 0 saturated heterocycles. The molecule has 0 aliphatic carbocycles. The van der Waals surface area contributed by atoms with Gasteiger partial charge in [0.05, 0.1) is 5.52 Å². The summed E-state index contributed by atoms with van der Waals surface area (Å²) < 4.78 is 27.2. The first-order valence-corrected chi connectivity index (χ1v) is 10.7. The van der Waals surface area contributed by atoms with Crippen molar-refractivity contribution in [2.75, 3.05) is 18.9 Å². The number of aromatic nitrogens is 2. The number of aromatic amines is 1. The number of carbonyl (C=O) groups excluding carboxylic acids is 1. The maximum atomic E-state index is 13.4. The molecule has 1 aromatic heterocycles. The molecular formula is C24H32F2N4O3. The van der Waals surface area contributed by atoms with E-state index in [-0.39, 0.29) is 12.1 Å². The van der Waals surface area contributed by atoms with Crippen molar-refractivity contribution in [2.24, 2.45) is 5.92 Å². The number of nitrogens with zero attached hydrogens (tertiary/aromatic N) is 1. The average Bonchev–Trinajstić information content (AvgIpc) is 3.26. The Bertz CT molecular complexity index is 1130. The van der Waals surface area contributed by atoms with E-state index in [1.54, 1.807) is 14.0 Å². The van der Waals surface area contributed by atoms with Crippen molar-refractivity contribution >= 4 is 23.0 Å². The molecule has 2 aromatic carbocycles. The highest BCUT2D eigenvalue weighted by atomic mass is 19.2. The van der Waals surface area contributed by atoms with E-state index in [0.29, 0.717) is 6.41 Å². The Kier molecular flexibility index (Phi) is 11.5. The molecule has 3 N–H and O–H groups in total. The van der Waals surface area contributed by atoms with E-state index in [1.165, 1.54) is 17.7 Å². The first-order chi connectivity index (χ1) is 15.7. The third-order valence-electron chi connectivity index (χ3n) is 4.20. The Morgan fingerprint density at radius 1 is 1.12 bits per heavy atom. The van der Waals surface area contributed by atoms with Gasteiger partial charge in [-0.05, 0) is 43.0 Å². The van der Waals surface area contributed by atoms with Crippen LogP contribution < -0.4 is 21.9 Å². The Morgan fingerprint density at radius 3 is 2.27 bits per heavy atom. The lowest BCUT2D eigenvalue weighted by atomic mass is 10.2. The van der Waals surface area contributed by atoms with E-state index in [9.17, 15) is 18.4 Å². The molecule has 0 unspecified atom stereocenters. The quantitative estimate of drug-likeness (QED) is 0.507. The second kappa shape index (κ2) is 13.8. The minimum absolute atomic E-state index is 0.00130. The fourth-order valence-electron chi connectivity index (χ4n) is 2.80. The van der Waals surface area contributed by atoms with Crippen molar-refractivity contribution in [3.8, 4) is 0 Å². The van der Waals surface area contributed by atoms with Gasteiger partial charge in [0.1, 0.15) is 5.39 Å². The van der Waals surface area contributed by atoms with Gasteiger partial charge in [-0.3, -0.25) is 14.2 Å².